The van der Waals surface area contributed by atoms with E-state index in [4.69, 9.17) is 0 Å². The zero-order valence-electron chi connectivity index (χ0n) is 11.2. The van der Waals surface area contributed by atoms with Crippen LogP contribution in [0.3, 0.4) is 0 Å². The molecule has 0 aliphatic heterocycles. The predicted molar refractivity (Wildman–Crippen MR) is 69.6 cm³/mol. The number of nitrogens with zero attached hydrogens (tertiary/aromatic N) is 1. The van der Waals surface area contributed by atoms with Crippen molar-refractivity contribution in [1.29, 1.82) is 0 Å². The lowest BCUT2D eigenvalue weighted by Gasteiger charge is -2.46. The van der Waals surface area contributed by atoms with Crippen LogP contribution in [0.15, 0.2) is 12.7 Å². The van der Waals surface area contributed by atoms with Crippen LogP contribution in [0.4, 0.5) is 0 Å². The normalized spacial score (nSPS) is 29.8. The lowest BCUT2D eigenvalue weighted by Crippen LogP contribution is -2.54. The molecule has 3 heteroatoms. The molecule has 0 aromatic carbocycles. The standard InChI is InChI=1S/C14H25NO2/c1-5-8-15(10-16)14(3,4)12-7-6-11(2)9-13(12)17/h5,10-13,17H,1,6-9H2,2-4H3/t11-,12-,13-/m1/s1. The van der Waals surface area contributed by atoms with Gasteiger partial charge in [-0.25, -0.2) is 0 Å². The third-order valence-corrected chi connectivity index (χ3v) is 4.18. The second-order valence-electron chi connectivity index (χ2n) is 5.79. The molecule has 0 aromatic heterocycles. The average molecular weight is 239 g/mol. The lowest BCUT2D eigenvalue weighted by atomic mass is 9.71. The van der Waals surface area contributed by atoms with Gasteiger partial charge in [0, 0.05) is 18.0 Å². The number of hydrogen-bond acceptors (Lipinski definition) is 2. The van der Waals surface area contributed by atoms with Gasteiger partial charge in [-0.05, 0) is 32.6 Å². The Morgan fingerprint density at radius 3 is 2.59 bits per heavy atom. The van der Waals surface area contributed by atoms with E-state index >= 15 is 0 Å². The molecule has 1 fully saturated rings. The summed E-state index contributed by atoms with van der Waals surface area (Å²) in [5.41, 5.74) is -0.310. The number of aliphatic hydroxyl groups excluding tert-OH is 1. The lowest BCUT2D eigenvalue weighted by molar-refractivity contribution is -0.127. The van der Waals surface area contributed by atoms with Crippen molar-refractivity contribution in [2.75, 3.05) is 6.54 Å². The largest absolute Gasteiger partial charge is 0.393 e. The van der Waals surface area contributed by atoms with Crippen LogP contribution in [0.25, 0.3) is 0 Å². The maximum Gasteiger partial charge on any atom is 0.210 e. The molecule has 0 bridgehead atoms. The summed E-state index contributed by atoms with van der Waals surface area (Å²) in [5, 5.41) is 10.2. The first-order valence-electron chi connectivity index (χ1n) is 6.44. The molecule has 1 rings (SSSR count). The van der Waals surface area contributed by atoms with Crippen LogP contribution in [0.5, 0.6) is 0 Å². The average Bonchev–Trinajstić information content (AvgIpc) is 2.24. The number of hydrogen-bond donors (Lipinski definition) is 1. The molecule has 0 unspecified atom stereocenters. The van der Waals surface area contributed by atoms with Crippen LogP contribution in [0.1, 0.15) is 40.0 Å². The highest BCUT2D eigenvalue weighted by Crippen LogP contribution is 2.38. The Kier molecular flexibility index (Phi) is 4.75. The van der Waals surface area contributed by atoms with Crippen molar-refractivity contribution < 1.29 is 9.90 Å². The molecule has 0 heterocycles. The fraction of sp³-hybridized carbons (Fsp3) is 0.786. The van der Waals surface area contributed by atoms with Gasteiger partial charge < -0.3 is 10.0 Å². The quantitative estimate of drug-likeness (QED) is 0.590. The predicted octanol–water partition coefficient (Wildman–Crippen LogP) is 2.21. The van der Waals surface area contributed by atoms with E-state index in [0.717, 1.165) is 25.7 Å². The van der Waals surface area contributed by atoms with E-state index in [2.05, 4.69) is 13.5 Å². The maximum absolute atomic E-state index is 11.2. The van der Waals surface area contributed by atoms with Gasteiger partial charge in [-0.1, -0.05) is 19.4 Å². The van der Waals surface area contributed by atoms with E-state index < -0.39 is 0 Å². The molecule has 1 aliphatic carbocycles. The van der Waals surface area contributed by atoms with Crippen LogP contribution in [0.2, 0.25) is 0 Å². The van der Waals surface area contributed by atoms with E-state index in [9.17, 15) is 9.90 Å². The Morgan fingerprint density at radius 1 is 1.47 bits per heavy atom. The summed E-state index contributed by atoms with van der Waals surface area (Å²) in [6.07, 6.45) is 5.25. The summed E-state index contributed by atoms with van der Waals surface area (Å²) < 4.78 is 0. The Morgan fingerprint density at radius 2 is 2.12 bits per heavy atom. The SMILES string of the molecule is C=CCN(C=O)C(C)(C)[C@@H]1CC[C@@H](C)C[C@H]1O. The van der Waals surface area contributed by atoms with E-state index in [1.54, 1.807) is 11.0 Å². The van der Waals surface area contributed by atoms with Crippen molar-refractivity contribution in [3.8, 4) is 0 Å². The fourth-order valence-electron chi connectivity index (χ4n) is 2.94. The maximum atomic E-state index is 11.2. The third-order valence-electron chi connectivity index (χ3n) is 4.18. The summed E-state index contributed by atoms with van der Waals surface area (Å²) in [4.78, 5) is 12.9. The van der Waals surface area contributed by atoms with Crippen molar-refractivity contribution in [3.05, 3.63) is 12.7 Å². The van der Waals surface area contributed by atoms with E-state index in [-0.39, 0.29) is 17.6 Å². The minimum absolute atomic E-state index is 0.156. The number of amides is 1. The summed E-state index contributed by atoms with van der Waals surface area (Å²) in [5.74, 6) is 0.741. The second kappa shape index (κ2) is 5.67. The number of rotatable bonds is 5. The van der Waals surface area contributed by atoms with Crippen LogP contribution < -0.4 is 0 Å². The van der Waals surface area contributed by atoms with Gasteiger partial charge in [0.05, 0.1) is 6.10 Å². The highest BCUT2D eigenvalue weighted by atomic mass is 16.3. The molecule has 0 spiro atoms. The van der Waals surface area contributed by atoms with E-state index in [0.29, 0.717) is 12.5 Å². The van der Waals surface area contributed by atoms with Gasteiger partial charge in [-0.2, -0.15) is 0 Å². The van der Waals surface area contributed by atoms with Gasteiger partial charge in [-0.15, -0.1) is 6.58 Å². The van der Waals surface area contributed by atoms with Crippen LogP contribution >= 0.6 is 0 Å². The first kappa shape index (κ1) is 14.2. The molecule has 0 radical (unpaired) electrons. The van der Waals surface area contributed by atoms with Crippen molar-refractivity contribution in [2.24, 2.45) is 11.8 Å². The Bertz CT molecular complexity index is 275. The fourth-order valence-corrected chi connectivity index (χ4v) is 2.94. The molecule has 1 saturated carbocycles. The number of carbonyl (C=O) groups excluding carboxylic acids is 1. The van der Waals surface area contributed by atoms with Crippen molar-refractivity contribution in [3.63, 3.8) is 0 Å². The monoisotopic (exact) mass is 239 g/mol. The Labute approximate surface area is 105 Å². The van der Waals surface area contributed by atoms with Crippen molar-refractivity contribution in [2.45, 2.75) is 51.7 Å². The molecule has 98 valence electrons. The first-order chi connectivity index (χ1) is 7.93. The molecular weight excluding hydrogens is 214 g/mol. The van der Waals surface area contributed by atoms with Crippen LogP contribution in [-0.2, 0) is 4.79 Å². The Balaban J connectivity index is 2.80. The van der Waals surface area contributed by atoms with Gasteiger partial charge in [0.25, 0.3) is 0 Å². The van der Waals surface area contributed by atoms with Gasteiger partial charge in [0.1, 0.15) is 0 Å². The van der Waals surface area contributed by atoms with E-state index in [1.165, 1.54) is 0 Å². The Hall–Kier alpha value is -0.830. The molecule has 1 amide bonds. The molecular formula is C14H25NO2. The zero-order chi connectivity index (χ0) is 13.1. The topological polar surface area (TPSA) is 40.5 Å². The summed E-state index contributed by atoms with van der Waals surface area (Å²) in [7, 11) is 0. The first-order valence-corrected chi connectivity index (χ1v) is 6.44. The zero-order valence-corrected chi connectivity index (χ0v) is 11.2. The number of carbonyl (C=O) groups is 1. The minimum Gasteiger partial charge on any atom is -0.393 e. The highest BCUT2D eigenvalue weighted by molar-refractivity contribution is 5.49. The minimum atomic E-state index is -0.310. The molecule has 3 nitrogen and oxygen atoms in total. The third kappa shape index (κ3) is 3.09. The summed E-state index contributed by atoms with van der Waals surface area (Å²) in [6.45, 7) is 10.5. The van der Waals surface area contributed by atoms with E-state index in [1.807, 2.05) is 13.8 Å². The molecule has 1 N–H and O–H groups in total. The van der Waals surface area contributed by atoms with Gasteiger partial charge in [0.15, 0.2) is 0 Å². The summed E-state index contributed by atoms with van der Waals surface area (Å²) in [6, 6.07) is 0. The van der Waals surface area contributed by atoms with Gasteiger partial charge in [-0.3, -0.25) is 4.79 Å². The van der Waals surface area contributed by atoms with Crippen LogP contribution in [-0.4, -0.2) is 34.6 Å². The molecule has 0 aromatic rings. The molecule has 0 saturated heterocycles. The second-order valence-corrected chi connectivity index (χ2v) is 5.79. The summed E-state index contributed by atoms with van der Waals surface area (Å²) >= 11 is 0. The molecule has 3 atom stereocenters. The van der Waals surface area contributed by atoms with Gasteiger partial charge in [0.2, 0.25) is 6.41 Å². The van der Waals surface area contributed by atoms with Crippen molar-refractivity contribution in [1.82, 2.24) is 4.90 Å². The number of aliphatic hydroxyl groups is 1. The van der Waals surface area contributed by atoms with Gasteiger partial charge >= 0.3 is 0 Å². The molecule has 17 heavy (non-hydrogen) atoms. The smallest absolute Gasteiger partial charge is 0.210 e. The van der Waals surface area contributed by atoms with Crippen molar-refractivity contribution >= 4 is 6.41 Å². The highest BCUT2D eigenvalue weighted by Gasteiger charge is 2.41. The molecule has 1 aliphatic rings. The van der Waals surface area contributed by atoms with Crippen LogP contribution in [0, 0.1) is 11.8 Å².